The van der Waals surface area contributed by atoms with Gasteiger partial charge in [0.1, 0.15) is 0 Å². The quantitative estimate of drug-likeness (QED) is 0.766. The Morgan fingerprint density at radius 1 is 1.43 bits per heavy atom. The Bertz CT molecular complexity index is 323. The second-order valence-corrected chi connectivity index (χ2v) is 4.37. The van der Waals surface area contributed by atoms with Gasteiger partial charge < -0.3 is 10.8 Å². The molecule has 4 nitrogen and oxygen atoms in total. The molecule has 3 N–H and O–H groups in total. The maximum absolute atomic E-state index is 9.57. The summed E-state index contributed by atoms with van der Waals surface area (Å²) < 4.78 is 1.85. The largest absolute Gasteiger partial charge is 0.396 e. The lowest BCUT2D eigenvalue weighted by Gasteiger charge is -2.17. The van der Waals surface area contributed by atoms with E-state index < -0.39 is 5.60 Å². The van der Waals surface area contributed by atoms with E-state index in [2.05, 4.69) is 5.10 Å². The van der Waals surface area contributed by atoms with Gasteiger partial charge in [0.05, 0.1) is 22.7 Å². The summed E-state index contributed by atoms with van der Waals surface area (Å²) in [6.45, 7) is 8.13. The minimum absolute atomic E-state index is 0.652. The summed E-state index contributed by atoms with van der Waals surface area (Å²) in [7, 11) is 0. The van der Waals surface area contributed by atoms with Crippen LogP contribution in [0.2, 0.25) is 0 Å². The van der Waals surface area contributed by atoms with Gasteiger partial charge in [0.25, 0.3) is 0 Å². The molecule has 0 bridgehead atoms. The molecule has 0 radical (unpaired) electrons. The number of nitrogen functional groups attached to an aromatic ring is 1. The number of anilines is 1. The molecule has 0 saturated heterocycles. The standard InChI is InChI=1S/C10H19N3O/c1-7-9(11)8(2)13(12-7)6-5-10(3,4)14/h14H,5-6,11H2,1-4H3. The number of nitrogens with zero attached hydrogens (tertiary/aromatic N) is 2. The molecule has 0 aliphatic rings. The van der Waals surface area contributed by atoms with Crippen LogP contribution in [0.25, 0.3) is 0 Å². The Morgan fingerprint density at radius 2 is 2.00 bits per heavy atom. The van der Waals surface area contributed by atoms with Crippen molar-refractivity contribution < 1.29 is 5.11 Å². The first-order valence-corrected chi connectivity index (χ1v) is 4.83. The number of nitrogens with two attached hydrogens (primary N) is 1. The fourth-order valence-corrected chi connectivity index (χ4v) is 1.31. The van der Waals surface area contributed by atoms with Crippen molar-refractivity contribution in [2.24, 2.45) is 0 Å². The summed E-state index contributed by atoms with van der Waals surface area (Å²) in [6, 6.07) is 0. The van der Waals surface area contributed by atoms with Gasteiger partial charge in [0, 0.05) is 6.54 Å². The molecule has 0 aliphatic carbocycles. The average molecular weight is 197 g/mol. The lowest BCUT2D eigenvalue weighted by atomic mass is 10.1. The van der Waals surface area contributed by atoms with E-state index in [-0.39, 0.29) is 0 Å². The third kappa shape index (κ3) is 2.48. The smallest absolute Gasteiger partial charge is 0.0825 e. The van der Waals surface area contributed by atoms with Gasteiger partial charge in [-0.3, -0.25) is 4.68 Å². The van der Waals surface area contributed by atoms with Crippen molar-refractivity contribution in [1.82, 2.24) is 9.78 Å². The van der Waals surface area contributed by atoms with E-state index in [0.717, 1.165) is 17.1 Å². The molecular formula is C10H19N3O. The van der Waals surface area contributed by atoms with Crippen LogP contribution >= 0.6 is 0 Å². The zero-order valence-electron chi connectivity index (χ0n) is 9.33. The zero-order chi connectivity index (χ0) is 10.9. The molecule has 1 aromatic rings. The van der Waals surface area contributed by atoms with Crippen molar-refractivity contribution in [1.29, 1.82) is 0 Å². The molecule has 0 saturated carbocycles. The Balaban J connectivity index is 2.73. The molecule has 1 rings (SSSR count). The minimum atomic E-state index is -0.652. The van der Waals surface area contributed by atoms with Crippen molar-refractivity contribution >= 4 is 5.69 Å². The highest BCUT2D eigenvalue weighted by atomic mass is 16.3. The van der Waals surface area contributed by atoms with Crippen LogP contribution in [0.1, 0.15) is 31.7 Å². The number of rotatable bonds is 3. The van der Waals surface area contributed by atoms with Gasteiger partial charge in [-0.05, 0) is 34.1 Å². The highest BCUT2D eigenvalue weighted by molar-refractivity contribution is 5.46. The van der Waals surface area contributed by atoms with Gasteiger partial charge in [-0.1, -0.05) is 0 Å². The van der Waals surface area contributed by atoms with E-state index in [1.807, 2.05) is 18.5 Å². The molecule has 0 spiro atoms. The molecular weight excluding hydrogens is 178 g/mol. The topological polar surface area (TPSA) is 64.1 Å². The Hall–Kier alpha value is -1.03. The molecule has 0 aromatic carbocycles. The van der Waals surface area contributed by atoms with E-state index >= 15 is 0 Å². The molecule has 1 heterocycles. The van der Waals surface area contributed by atoms with Crippen LogP contribution in [0, 0.1) is 13.8 Å². The van der Waals surface area contributed by atoms with Gasteiger partial charge in [0.2, 0.25) is 0 Å². The normalized spacial score (nSPS) is 12.1. The van der Waals surface area contributed by atoms with Gasteiger partial charge in [-0.15, -0.1) is 0 Å². The zero-order valence-corrected chi connectivity index (χ0v) is 9.33. The second kappa shape index (κ2) is 3.61. The van der Waals surface area contributed by atoms with Gasteiger partial charge in [-0.2, -0.15) is 5.10 Å². The second-order valence-electron chi connectivity index (χ2n) is 4.37. The molecule has 14 heavy (non-hydrogen) atoms. The fraction of sp³-hybridized carbons (Fsp3) is 0.700. The summed E-state index contributed by atoms with van der Waals surface area (Å²) in [6.07, 6.45) is 0.675. The predicted octanol–water partition coefficient (Wildman–Crippen LogP) is 1.24. The molecule has 80 valence electrons. The predicted molar refractivity (Wildman–Crippen MR) is 57.0 cm³/mol. The first-order valence-electron chi connectivity index (χ1n) is 4.83. The van der Waals surface area contributed by atoms with Gasteiger partial charge >= 0.3 is 0 Å². The summed E-state index contributed by atoms with van der Waals surface area (Å²) in [5.41, 5.74) is 7.73. The van der Waals surface area contributed by atoms with Crippen molar-refractivity contribution in [3.8, 4) is 0 Å². The molecule has 0 unspecified atom stereocenters. The average Bonchev–Trinajstić information content (AvgIpc) is 2.28. The van der Waals surface area contributed by atoms with Crippen LogP contribution in [0.3, 0.4) is 0 Å². The van der Waals surface area contributed by atoms with E-state index in [0.29, 0.717) is 13.0 Å². The minimum Gasteiger partial charge on any atom is -0.396 e. The van der Waals surface area contributed by atoms with Crippen molar-refractivity contribution in [2.75, 3.05) is 5.73 Å². The maximum atomic E-state index is 9.57. The van der Waals surface area contributed by atoms with Crippen LogP contribution in [-0.4, -0.2) is 20.5 Å². The fourth-order valence-electron chi connectivity index (χ4n) is 1.31. The highest BCUT2D eigenvalue weighted by Crippen LogP contribution is 2.17. The number of aromatic nitrogens is 2. The first kappa shape index (κ1) is 11.0. The number of hydrogen-bond donors (Lipinski definition) is 2. The van der Waals surface area contributed by atoms with Crippen molar-refractivity contribution in [3.05, 3.63) is 11.4 Å². The van der Waals surface area contributed by atoms with E-state index in [1.54, 1.807) is 13.8 Å². The number of hydrogen-bond acceptors (Lipinski definition) is 3. The maximum Gasteiger partial charge on any atom is 0.0825 e. The first-order chi connectivity index (χ1) is 6.31. The monoisotopic (exact) mass is 197 g/mol. The number of aryl methyl sites for hydroxylation is 2. The van der Waals surface area contributed by atoms with Crippen LogP contribution in [0.5, 0.6) is 0 Å². The molecule has 1 aromatic heterocycles. The van der Waals surface area contributed by atoms with E-state index in [9.17, 15) is 5.11 Å². The number of aliphatic hydroxyl groups is 1. The third-order valence-corrected chi connectivity index (χ3v) is 2.37. The summed E-state index contributed by atoms with van der Waals surface area (Å²) >= 11 is 0. The molecule has 0 aliphatic heterocycles. The van der Waals surface area contributed by atoms with Crippen molar-refractivity contribution in [3.63, 3.8) is 0 Å². The SMILES string of the molecule is Cc1nn(CCC(C)(C)O)c(C)c1N. The third-order valence-electron chi connectivity index (χ3n) is 2.37. The highest BCUT2D eigenvalue weighted by Gasteiger charge is 2.14. The van der Waals surface area contributed by atoms with E-state index in [1.165, 1.54) is 0 Å². The van der Waals surface area contributed by atoms with Crippen molar-refractivity contribution in [2.45, 2.75) is 46.3 Å². The lowest BCUT2D eigenvalue weighted by Crippen LogP contribution is -2.21. The Kier molecular flexibility index (Phi) is 2.85. The van der Waals surface area contributed by atoms with Crippen LogP contribution < -0.4 is 5.73 Å². The molecule has 0 fully saturated rings. The van der Waals surface area contributed by atoms with Crippen LogP contribution in [0.15, 0.2) is 0 Å². The Morgan fingerprint density at radius 3 is 2.36 bits per heavy atom. The van der Waals surface area contributed by atoms with Crippen LogP contribution in [0.4, 0.5) is 5.69 Å². The summed E-state index contributed by atoms with van der Waals surface area (Å²) in [5.74, 6) is 0. The summed E-state index contributed by atoms with van der Waals surface area (Å²) in [4.78, 5) is 0. The van der Waals surface area contributed by atoms with Gasteiger partial charge in [0.15, 0.2) is 0 Å². The Labute approximate surface area is 84.7 Å². The van der Waals surface area contributed by atoms with Crippen LogP contribution in [-0.2, 0) is 6.54 Å². The molecule has 4 heteroatoms. The summed E-state index contributed by atoms with van der Waals surface area (Å²) in [5, 5.41) is 13.9. The lowest BCUT2D eigenvalue weighted by molar-refractivity contribution is 0.0649. The molecule has 0 atom stereocenters. The van der Waals surface area contributed by atoms with E-state index in [4.69, 9.17) is 5.73 Å². The molecule has 0 amide bonds. The van der Waals surface area contributed by atoms with Gasteiger partial charge in [-0.25, -0.2) is 0 Å².